The highest BCUT2D eigenvalue weighted by atomic mass is 16.7. The maximum atomic E-state index is 11.9. The first-order valence-electron chi connectivity index (χ1n) is 8.87. The molecule has 0 aromatic heterocycles. The first-order chi connectivity index (χ1) is 13.0. The van der Waals surface area contributed by atoms with Crippen molar-refractivity contribution in [2.45, 2.75) is 27.0 Å². The number of anilines is 1. The van der Waals surface area contributed by atoms with Crippen molar-refractivity contribution in [2.24, 2.45) is 0 Å². The van der Waals surface area contributed by atoms with Gasteiger partial charge in [-0.1, -0.05) is 42.0 Å². The summed E-state index contributed by atoms with van der Waals surface area (Å²) in [4.78, 5) is 17.6. The molecule has 0 heterocycles. The minimum absolute atomic E-state index is 0.0786. The number of nitrogen functional groups attached to an aromatic ring is 1. The van der Waals surface area contributed by atoms with Gasteiger partial charge in [0.1, 0.15) is 5.84 Å². The number of hydrogen-bond donors (Lipinski definition) is 4. The quantitative estimate of drug-likeness (QED) is 0.249. The summed E-state index contributed by atoms with van der Waals surface area (Å²) >= 11 is 0. The lowest BCUT2D eigenvalue weighted by Crippen LogP contribution is -2.43. The van der Waals surface area contributed by atoms with Crippen LogP contribution in [0, 0.1) is 12.3 Å². The number of nitrogens with one attached hydrogen (secondary N) is 3. The number of amidine groups is 1. The molecule has 2 rings (SSSR count). The number of urea groups is 1. The second-order valence-electron chi connectivity index (χ2n) is 6.18. The molecule has 0 aliphatic carbocycles. The lowest BCUT2D eigenvalue weighted by Gasteiger charge is -2.23. The molecule has 0 unspecified atom stereocenters. The maximum absolute atomic E-state index is 11.9. The minimum Gasteiger partial charge on any atom is -0.399 e. The lowest BCUT2D eigenvalue weighted by molar-refractivity contribution is -0.109. The zero-order valence-corrected chi connectivity index (χ0v) is 15.8. The van der Waals surface area contributed by atoms with Gasteiger partial charge in [-0.3, -0.25) is 10.2 Å². The molecule has 0 radical (unpaired) electrons. The third kappa shape index (κ3) is 6.99. The van der Waals surface area contributed by atoms with E-state index in [2.05, 4.69) is 10.6 Å². The summed E-state index contributed by atoms with van der Waals surface area (Å²) in [5, 5.41) is 15.0. The van der Waals surface area contributed by atoms with Gasteiger partial charge in [0.05, 0.1) is 13.2 Å². The summed E-state index contributed by atoms with van der Waals surface area (Å²) in [6.45, 7) is 5.28. The molecule has 0 fully saturated rings. The van der Waals surface area contributed by atoms with Gasteiger partial charge in [-0.2, -0.15) is 0 Å². The van der Waals surface area contributed by atoms with E-state index < -0.39 is 0 Å². The van der Waals surface area contributed by atoms with Crippen LogP contribution in [0.1, 0.15) is 23.6 Å². The maximum Gasteiger partial charge on any atom is 0.315 e. The summed E-state index contributed by atoms with van der Waals surface area (Å²) < 4.78 is 0. The van der Waals surface area contributed by atoms with Crippen LogP contribution in [-0.2, 0) is 18.0 Å². The van der Waals surface area contributed by atoms with Gasteiger partial charge in [0, 0.05) is 18.8 Å². The van der Waals surface area contributed by atoms with Crippen LogP contribution in [0.2, 0.25) is 0 Å². The summed E-state index contributed by atoms with van der Waals surface area (Å²) in [5.74, 6) is 0.188. The predicted octanol–water partition coefficient (Wildman–Crippen LogP) is 2.81. The van der Waals surface area contributed by atoms with E-state index in [4.69, 9.17) is 16.0 Å². The molecule has 144 valence electrons. The number of aryl methyl sites for hydroxylation is 1. The van der Waals surface area contributed by atoms with E-state index in [1.165, 1.54) is 5.06 Å². The first-order valence-corrected chi connectivity index (χ1v) is 8.87. The molecule has 27 heavy (non-hydrogen) atoms. The Bertz CT molecular complexity index is 761. The van der Waals surface area contributed by atoms with Crippen molar-refractivity contribution in [3.05, 3.63) is 65.2 Å². The number of rotatable bonds is 8. The number of benzene rings is 2. The molecule has 2 amide bonds. The van der Waals surface area contributed by atoms with E-state index in [0.29, 0.717) is 25.4 Å². The van der Waals surface area contributed by atoms with Gasteiger partial charge in [-0.05, 0) is 37.1 Å². The van der Waals surface area contributed by atoms with Crippen LogP contribution in [-0.4, -0.2) is 30.0 Å². The number of carbonyl (C=O) groups is 1. The van der Waals surface area contributed by atoms with Crippen molar-refractivity contribution in [3.63, 3.8) is 0 Å². The highest BCUT2D eigenvalue weighted by molar-refractivity contribution is 5.85. The zero-order chi connectivity index (χ0) is 19.6. The highest BCUT2D eigenvalue weighted by Gasteiger charge is 2.10. The Morgan fingerprint density at radius 2 is 1.89 bits per heavy atom. The topological polar surface area (TPSA) is 103 Å². The van der Waals surface area contributed by atoms with Crippen molar-refractivity contribution in [1.29, 1.82) is 5.41 Å². The number of hydrogen-bond acceptors (Lipinski definition) is 4. The number of likely N-dealkylation sites (N-methyl/N-ethyl adjacent to an activating group) is 1. The number of hydroxylamine groups is 2. The van der Waals surface area contributed by atoms with Crippen LogP contribution < -0.4 is 16.4 Å². The van der Waals surface area contributed by atoms with Gasteiger partial charge in [0.15, 0.2) is 0 Å². The van der Waals surface area contributed by atoms with Crippen LogP contribution in [0.3, 0.4) is 0 Å². The number of nitrogens with two attached hydrogens (primary N) is 1. The molecule has 2 aromatic carbocycles. The molecular weight excluding hydrogens is 342 g/mol. The van der Waals surface area contributed by atoms with Crippen LogP contribution in [0.15, 0.2) is 48.5 Å². The summed E-state index contributed by atoms with van der Waals surface area (Å²) in [6, 6.07) is 15.0. The average Bonchev–Trinajstić information content (AvgIpc) is 2.66. The van der Waals surface area contributed by atoms with Crippen molar-refractivity contribution in [2.75, 3.05) is 18.8 Å². The second kappa shape index (κ2) is 10.2. The third-order valence-electron chi connectivity index (χ3n) is 3.91. The first kappa shape index (κ1) is 20.3. The van der Waals surface area contributed by atoms with Gasteiger partial charge < -0.3 is 16.4 Å². The third-order valence-corrected chi connectivity index (χ3v) is 3.91. The molecular formula is C20H27N5O2. The molecule has 2 aromatic rings. The van der Waals surface area contributed by atoms with Crippen molar-refractivity contribution < 1.29 is 9.63 Å². The number of amides is 2. The van der Waals surface area contributed by atoms with Crippen LogP contribution in [0.5, 0.6) is 0 Å². The Morgan fingerprint density at radius 3 is 2.56 bits per heavy atom. The molecule has 5 N–H and O–H groups in total. The van der Waals surface area contributed by atoms with Crippen molar-refractivity contribution >= 4 is 17.6 Å². The molecule has 7 nitrogen and oxygen atoms in total. The molecule has 0 aliphatic heterocycles. The molecule has 0 bridgehead atoms. The fourth-order valence-corrected chi connectivity index (χ4v) is 2.45. The lowest BCUT2D eigenvalue weighted by atomic mass is 10.1. The summed E-state index contributed by atoms with van der Waals surface area (Å²) in [7, 11) is 0. The van der Waals surface area contributed by atoms with E-state index in [1.54, 1.807) is 12.1 Å². The number of nitrogens with zero attached hydrogens (tertiary/aromatic N) is 1. The van der Waals surface area contributed by atoms with E-state index in [1.807, 2.05) is 50.2 Å². The Kier molecular flexibility index (Phi) is 7.63. The molecule has 7 heteroatoms. The van der Waals surface area contributed by atoms with E-state index >= 15 is 0 Å². The van der Waals surface area contributed by atoms with E-state index in [-0.39, 0.29) is 18.4 Å². The van der Waals surface area contributed by atoms with Gasteiger partial charge in [-0.25, -0.2) is 9.86 Å². The Labute approximate surface area is 160 Å². The Hall–Kier alpha value is -3.06. The fourth-order valence-electron chi connectivity index (χ4n) is 2.45. The van der Waals surface area contributed by atoms with Gasteiger partial charge in [0.2, 0.25) is 0 Å². The fraction of sp³-hybridized carbons (Fsp3) is 0.300. The molecule has 0 aliphatic rings. The monoisotopic (exact) mass is 369 g/mol. The smallest absolute Gasteiger partial charge is 0.315 e. The van der Waals surface area contributed by atoms with Gasteiger partial charge in [-0.15, -0.1) is 0 Å². The zero-order valence-electron chi connectivity index (χ0n) is 15.8. The van der Waals surface area contributed by atoms with Crippen molar-refractivity contribution in [3.8, 4) is 0 Å². The molecule has 0 saturated heterocycles. The Morgan fingerprint density at radius 1 is 1.15 bits per heavy atom. The average molecular weight is 369 g/mol. The highest BCUT2D eigenvalue weighted by Crippen LogP contribution is 2.07. The number of carbonyl (C=O) groups excluding carboxylic acids is 1. The standard InChI is InChI=1S/C20H27N5O2/c1-3-25(27-14-17-6-4-5-15(2)11-17)19(22)13-24-20(26)23-12-16-7-9-18(21)10-8-16/h4-11,22H,3,12-14,21H2,1-2H3,(H2,23,24,26). The predicted molar refractivity (Wildman–Crippen MR) is 107 cm³/mol. The SMILES string of the molecule is CCN(OCc1cccc(C)c1)C(=N)CNC(=O)NCc1ccc(N)cc1. The van der Waals surface area contributed by atoms with E-state index in [0.717, 1.165) is 16.7 Å². The molecule has 0 saturated carbocycles. The summed E-state index contributed by atoms with van der Waals surface area (Å²) in [5.41, 5.74) is 9.47. The normalized spacial score (nSPS) is 10.3. The van der Waals surface area contributed by atoms with Gasteiger partial charge >= 0.3 is 6.03 Å². The van der Waals surface area contributed by atoms with Crippen molar-refractivity contribution in [1.82, 2.24) is 15.7 Å². The summed E-state index contributed by atoms with van der Waals surface area (Å²) in [6.07, 6.45) is 0. The van der Waals surface area contributed by atoms with E-state index in [9.17, 15) is 4.79 Å². The van der Waals surface area contributed by atoms with Crippen LogP contribution in [0.25, 0.3) is 0 Å². The second-order valence-corrected chi connectivity index (χ2v) is 6.18. The molecule has 0 atom stereocenters. The minimum atomic E-state index is -0.341. The van der Waals surface area contributed by atoms with Crippen LogP contribution >= 0.6 is 0 Å². The molecule has 0 spiro atoms. The Balaban J connectivity index is 1.73. The largest absolute Gasteiger partial charge is 0.399 e. The van der Waals surface area contributed by atoms with Crippen LogP contribution in [0.4, 0.5) is 10.5 Å². The van der Waals surface area contributed by atoms with Gasteiger partial charge in [0.25, 0.3) is 0 Å².